The zero-order chi connectivity index (χ0) is 20.1. The summed E-state index contributed by atoms with van der Waals surface area (Å²) in [6.45, 7) is 1.22. The minimum absolute atomic E-state index is 0.0264. The van der Waals surface area contributed by atoms with Gasteiger partial charge in [-0.05, 0) is 49.2 Å². The molecule has 6 heteroatoms. The van der Waals surface area contributed by atoms with Gasteiger partial charge in [0.05, 0.1) is 12.7 Å². The quantitative estimate of drug-likeness (QED) is 0.865. The van der Waals surface area contributed by atoms with Crippen molar-refractivity contribution in [3.63, 3.8) is 0 Å². The van der Waals surface area contributed by atoms with Gasteiger partial charge in [0.15, 0.2) is 0 Å². The van der Waals surface area contributed by atoms with Crippen LogP contribution in [0.25, 0.3) is 0 Å². The zero-order valence-corrected chi connectivity index (χ0v) is 16.6. The van der Waals surface area contributed by atoms with Gasteiger partial charge in [0.2, 0.25) is 0 Å². The third-order valence-electron chi connectivity index (χ3n) is 5.10. The van der Waals surface area contributed by atoms with Gasteiger partial charge >= 0.3 is 0 Å². The molecule has 1 heterocycles. The number of piperidine rings is 1. The van der Waals surface area contributed by atoms with Crippen LogP contribution in [0.15, 0.2) is 48.5 Å². The summed E-state index contributed by atoms with van der Waals surface area (Å²) in [6, 6.07) is 14.9. The van der Waals surface area contributed by atoms with Crippen molar-refractivity contribution in [2.75, 3.05) is 39.2 Å². The molecule has 2 amide bonds. The lowest BCUT2D eigenvalue weighted by atomic mass is 10.0. The highest BCUT2D eigenvalue weighted by atomic mass is 16.5. The molecule has 0 bridgehead atoms. The summed E-state index contributed by atoms with van der Waals surface area (Å²) in [5, 5.41) is 3.09. The minimum Gasteiger partial charge on any atom is -0.496 e. The van der Waals surface area contributed by atoms with Crippen molar-refractivity contribution >= 4 is 17.5 Å². The van der Waals surface area contributed by atoms with Crippen molar-refractivity contribution in [1.29, 1.82) is 0 Å². The van der Waals surface area contributed by atoms with Gasteiger partial charge in [-0.3, -0.25) is 9.59 Å². The molecule has 0 spiro atoms. The number of anilines is 1. The Morgan fingerprint density at radius 1 is 1.04 bits per heavy atom. The van der Waals surface area contributed by atoms with Gasteiger partial charge in [0, 0.05) is 44.5 Å². The van der Waals surface area contributed by atoms with Gasteiger partial charge < -0.3 is 19.9 Å². The molecular formula is C22H27N3O3. The average molecular weight is 381 g/mol. The molecule has 2 aromatic carbocycles. The molecule has 1 aliphatic rings. The number of nitrogens with one attached hydrogen (secondary N) is 1. The Labute approximate surface area is 166 Å². The average Bonchev–Trinajstić information content (AvgIpc) is 2.73. The highest BCUT2D eigenvalue weighted by molar-refractivity contribution is 5.97. The van der Waals surface area contributed by atoms with Crippen molar-refractivity contribution in [2.24, 2.45) is 0 Å². The first kappa shape index (κ1) is 19.7. The Kier molecular flexibility index (Phi) is 6.19. The number of likely N-dealkylation sites (tertiary alicyclic amines) is 1. The third kappa shape index (κ3) is 4.44. The molecular weight excluding hydrogens is 354 g/mol. The topological polar surface area (TPSA) is 61.9 Å². The van der Waals surface area contributed by atoms with E-state index in [0.717, 1.165) is 18.5 Å². The lowest BCUT2D eigenvalue weighted by molar-refractivity contribution is 0.0695. The lowest BCUT2D eigenvalue weighted by Gasteiger charge is -2.32. The summed E-state index contributed by atoms with van der Waals surface area (Å²) >= 11 is 0. The van der Waals surface area contributed by atoms with Gasteiger partial charge in [-0.15, -0.1) is 0 Å². The number of hydrogen-bond acceptors (Lipinski definition) is 4. The highest BCUT2D eigenvalue weighted by Gasteiger charge is 2.26. The molecule has 0 radical (unpaired) electrons. The van der Waals surface area contributed by atoms with E-state index >= 15 is 0 Å². The van der Waals surface area contributed by atoms with Crippen LogP contribution in [0.5, 0.6) is 5.75 Å². The van der Waals surface area contributed by atoms with Crippen molar-refractivity contribution < 1.29 is 14.3 Å². The molecule has 6 nitrogen and oxygen atoms in total. The van der Waals surface area contributed by atoms with Crippen LogP contribution in [0, 0.1) is 0 Å². The standard InChI is InChI=1S/C22H27N3O3/c1-24(2)18-10-8-16(9-11-18)21(26)23-17-12-14-25(15-13-17)22(27)19-6-4-5-7-20(19)28-3/h4-11,17H,12-15H2,1-3H3,(H,23,26). The number of rotatable bonds is 5. The summed E-state index contributed by atoms with van der Waals surface area (Å²) < 4.78 is 5.30. The maximum atomic E-state index is 12.8. The number of methoxy groups -OCH3 is 1. The molecule has 1 aliphatic heterocycles. The largest absolute Gasteiger partial charge is 0.496 e. The number of benzene rings is 2. The van der Waals surface area contributed by atoms with E-state index in [4.69, 9.17) is 4.74 Å². The lowest BCUT2D eigenvalue weighted by Crippen LogP contribution is -2.46. The van der Waals surface area contributed by atoms with Gasteiger partial charge in [-0.25, -0.2) is 0 Å². The van der Waals surface area contributed by atoms with Gasteiger partial charge in [-0.1, -0.05) is 12.1 Å². The van der Waals surface area contributed by atoms with E-state index in [-0.39, 0.29) is 17.9 Å². The smallest absolute Gasteiger partial charge is 0.257 e. The number of para-hydroxylation sites is 1. The number of carbonyl (C=O) groups is 2. The Morgan fingerprint density at radius 2 is 1.68 bits per heavy atom. The SMILES string of the molecule is COc1ccccc1C(=O)N1CCC(NC(=O)c2ccc(N(C)C)cc2)CC1. The van der Waals surface area contributed by atoms with Crippen LogP contribution in [0.1, 0.15) is 33.6 Å². The van der Waals surface area contributed by atoms with Crippen LogP contribution in [0.4, 0.5) is 5.69 Å². The normalized spacial score (nSPS) is 14.5. The molecule has 0 aliphatic carbocycles. The van der Waals surface area contributed by atoms with E-state index in [1.807, 2.05) is 60.3 Å². The first-order valence-corrected chi connectivity index (χ1v) is 9.50. The number of amides is 2. The van der Waals surface area contributed by atoms with Crippen molar-refractivity contribution in [3.8, 4) is 5.75 Å². The molecule has 2 aromatic rings. The summed E-state index contributed by atoms with van der Waals surface area (Å²) in [5.41, 5.74) is 2.28. The van der Waals surface area contributed by atoms with Crippen LogP contribution in [-0.2, 0) is 0 Å². The van der Waals surface area contributed by atoms with Gasteiger partial charge in [0.25, 0.3) is 11.8 Å². The molecule has 1 N–H and O–H groups in total. The Morgan fingerprint density at radius 3 is 2.29 bits per heavy atom. The number of hydrogen-bond donors (Lipinski definition) is 1. The van der Waals surface area contributed by atoms with E-state index in [1.165, 1.54) is 0 Å². The molecule has 0 aromatic heterocycles. The van der Waals surface area contributed by atoms with Gasteiger partial charge in [-0.2, -0.15) is 0 Å². The third-order valence-corrected chi connectivity index (χ3v) is 5.10. The Bertz CT molecular complexity index is 825. The van der Waals surface area contributed by atoms with E-state index < -0.39 is 0 Å². The van der Waals surface area contributed by atoms with Crippen LogP contribution >= 0.6 is 0 Å². The highest BCUT2D eigenvalue weighted by Crippen LogP contribution is 2.22. The molecule has 148 valence electrons. The molecule has 0 atom stereocenters. The first-order valence-electron chi connectivity index (χ1n) is 9.50. The number of ether oxygens (including phenoxy) is 1. The molecule has 3 rings (SSSR count). The molecule has 0 saturated carbocycles. The molecule has 1 fully saturated rings. The van der Waals surface area contributed by atoms with Crippen molar-refractivity contribution in [3.05, 3.63) is 59.7 Å². The maximum Gasteiger partial charge on any atom is 0.257 e. The summed E-state index contributed by atoms with van der Waals surface area (Å²) in [6.07, 6.45) is 1.48. The summed E-state index contributed by atoms with van der Waals surface area (Å²) in [4.78, 5) is 29.1. The fourth-order valence-electron chi connectivity index (χ4n) is 3.40. The summed E-state index contributed by atoms with van der Waals surface area (Å²) in [7, 11) is 5.50. The number of carbonyl (C=O) groups excluding carboxylic acids is 2. The second-order valence-electron chi connectivity index (χ2n) is 7.18. The van der Waals surface area contributed by atoms with Crippen LogP contribution in [0.2, 0.25) is 0 Å². The fourth-order valence-corrected chi connectivity index (χ4v) is 3.40. The minimum atomic E-state index is -0.0696. The molecule has 0 unspecified atom stereocenters. The van der Waals surface area contributed by atoms with E-state index in [2.05, 4.69) is 5.32 Å². The van der Waals surface area contributed by atoms with E-state index in [0.29, 0.717) is 30.0 Å². The van der Waals surface area contributed by atoms with Crippen LogP contribution < -0.4 is 15.0 Å². The molecule has 28 heavy (non-hydrogen) atoms. The fraction of sp³-hybridized carbons (Fsp3) is 0.364. The second kappa shape index (κ2) is 8.78. The number of nitrogens with zero attached hydrogens (tertiary/aromatic N) is 2. The first-order chi connectivity index (χ1) is 13.5. The second-order valence-corrected chi connectivity index (χ2v) is 7.18. The van der Waals surface area contributed by atoms with E-state index in [9.17, 15) is 9.59 Å². The monoisotopic (exact) mass is 381 g/mol. The Balaban J connectivity index is 1.55. The predicted molar refractivity (Wildman–Crippen MR) is 110 cm³/mol. The zero-order valence-electron chi connectivity index (χ0n) is 16.6. The summed E-state index contributed by atoms with van der Waals surface area (Å²) in [5.74, 6) is 0.491. The van der Waals surface area contributed by atoms with Crippen molar-refractivity contribution in [2.45, 2.75) is 18.9 Å². The van der Waals surface area contributed by atoms with Gasteiger partial charge in [0.1, 0.15) is 5.75 Å². The maximum absolute atomic E-state index is 12.8. The van der Waals surface area contributed by atoms with E-state index in [1.54, 1.807) is 19.2 Å². The molecule has 1 saturated heterocycles. The Hall–Kier alpha value is -3.02. The van der Waals surface area contributed by atoms with Crippen LogP contribution in [-0.4, -0.2) is 57.1 Å². The van der Waals surface area contributed by atoms with Crippen molar-refractivity contribution in [1.82, 2.24) is 10.2 Å². The van der Waals surface area contributed by atoms with Crippen LogP contribution in [0.3, 0.4) is 0 Å². The predicted octanol–water partition coefficient (Wildman–Crippen LogP) is 2.80.